The molecule has 2 heterocycles. The van der Waals surface area contributed by atoms with Gasteiger partial charge < -0.3 is 15.4 Å². The number of nitrogens with zero attached hydrogens (tertiary/aromatic N) is 1. The minimum atomic E-state index is 0.0441. The van der Waals surface area contributed by atoms with Gasteiger partial charge in [0, 0.05) is 37.7 Å². The summed E-state index contributed by atoms with van der Waals surface area (Å²) < 4.78 is 5.26. The average molecular weight is 263 g/mol. The molecule has 2 N–H and O–H groups in total. The fourth-order valence-corrected chi connectivity index (χ4v) is 2.12. The topological polar surface area (TPSA) is 63.2 Å². The molecule has 0 spiro atoms. The fourth-order valence-electron chi connectivity index (χ4n) is 2.12. The van der Waals surface area contributed by atoms with Crippen molar-refractivity contribution < 1.29 is 9.53 Å². The highest BCUT2D eigenvalue weighted by Crippen LogP contribution is 2.09. The Morgan fingerprint density at radius 3 is 3.00 bits per heavy atom. The molecule has 2 rings (SSSR count). The standard InChI is InChI=1S/C14H21N3O2/c1-11(12-3-2-6-15-9-12)16-10-14(18)17-13-4-7-19-8-5-13/h2-3,6,9,11,13,16H,4-5,7-8,10H2,1H3,(H,17,18). The van der Waals surface area contributed by atoms with Crippen LogP contribution in [0, 0.1) is 0 Å². The third-order valence-electron chi connectivity index (χ3n) is 3.34. The number of aromatic nitrogens is 1. The van der Waals surface area contributed by atoms with Crippen LogP contribution in [0.25, 0.3) is 0 Å². The van der Waals surface area contributed by atoms with Crippen molar-refractivity contribution in [3.05, 3.63) is 30.1 Å². The summed E-state index contributed by atoms with van der Waals surface area (Å²) in [5.74, 6) is 0.0441. The van der Waals surface area contributed by atoms with Gasteiger partial charge in [0.1, 0.15) is 0 Å². The normalized spacial score (nSPS) is 17.9. The number of pyridine rings is 1. The minimum Gasteiger partial charge on any atom is -0.381 e. The average Bonchev–Trinajstić information content (AvgIpc) is 2.47. The molecule has 19 heavy (non-hydrogen) atoms. The number of hydrogen-bond acceptors (Lipinski definition) is 4. The van der Waals surface area contributed by atoms with Crippen molar-refractivity contribution in [1.82, 2.24) is 15.6 Å². The van der Waals surface area contributed by atoms with Crippen molar-refractivity contribution in [3.8, 4) is 0 Å². The predicted molar refractivity (Wildman–Crippen MR) is 72.6 cm³/mol. The highest BCUT2D eigenvalue weighted by atomic mass is 16.5. The summed E-state index contributed by atoms with van der Waals surface area (Å²) in [6, 6.07) is 4.28. The monoisotopic (exact) mass is 263 g/mol. The van der Waals surface area contributed by atoms with E-state index < -0.39 is 0 Å². The number of nitrogens with one attached hydrogen (secondary N) is 2. The summed E-state index contributed by atoms with van der Waals surface area (Å²) in [6.45, 7) is 3.83. The Kier molecular flexibility index (Phi) is 5.30. The molecule has 0 radical (unpaired) electrons. The van der Waals surface area contributed by atoms with E-state index in [1.54, 1.807) is 6.20 Å². The number of ether oxygens (including phenoxy) is 1. The molecule has 1 fully saturated rings. The Bertz CT molecular complexity index is 391. The zero-order chi connectivity index (χ0) is 13.5. The Morgan fingerprint density at radius 1 is 1.53 bits per heavy atom. The second-order valence-electron chi connectivity index (χ2n) is 4.84. The van der Waals surface area contributed by atoms with E-state index in [4.69, 9.17) is 4.74 Å². The molecular weight excluding hydrogens is 242 g/mol. The van der Waals surface area contributed by atoms with Crippen molar-refractivity contribution in [2.24, 2.45) is 0 Å². The maximum absolute atomic E-state index is 11.8. The molecule has 5 nitrogen and oxygen atoms in total. The first-order valence-electron chi connectivity index (χ1n) is 6.76. The van der Waals surface area contributed by atoms with Crippen LogP contribution >= 0.6 is 0 Å². The molecule has 1 amide bonds. The van der Waals surface area contributed by atoms with Crippen molar-refractivity contribution in [3.63, 3.8) is 0 Å². The third kappa shape index (κ3) is 4.61. The van der Waals surface area contributed by atoms with E-state index in [2.05, 4.69) is 15.6 Å². The number of carbonyl (C=O) groups excluding carboxylic acids is 1. The smallest absolute Gasteiger partial charge is 0.234 e. The van der Waals surface area contributed by atoms with Gasteiger partial charge in [0.2, 0.25) is 5.91 Å². The van der Waals surface area contributed by atoms with Gasteiger partial charge in [0.05, 0.1) is 6.54 Å². The van der Waals surface area contributed by atoms with Crippen LogP contribution in [0.2, 0.25) is 0 Å². The van der Waals surface area contributed by atoms with Crippen molar-refractivity contribution in [1.29, 1.82) is 0 Å². The van der Waals surface area contributed by atoms with Gasteiger partial charge in [0.15, 0.2) is 0 Å². The Hall–Kier alpha value is -1.46. The number of carbonyl (C=O) groups is 1. The highest BCUT2D eigenvalue weighted by molar-refractivity contribution is 5.78. The van der Waals surface area contributed by atoms with Crippen molar-refractivity contribution in [2.45, 2.75) is 31.8 Å². The van der Waals surface area contributed by atoms with Gasteiger partial charge >= 0.3 is 0 Å². The second-order valence-corrected chi connectivity index (χ2v) is 4.84. The van der Waals surface area contributed by atoms with E-state index in [0.29, 0.717) is 6.54 Å². The van der Waals surface area contributed by atoms with E-state index in [-0.39, 0.29) is 18.0 Å². The first-order chi connectivity index (χ1) is 9.25. The zero-order valence-electron chi connectivity index (χ0n) is 11.3. The number of rotatable bonds is 5. The summed E-state index contributed by atoms with van der Waals surface area (Å²) in [7, 11) is 0. The van der Waals surface area contributed by atoms with Crippen molar-refractivity contribution in [2.75, 3.05) is 19.8 Å². The SMILES string of the molecule is CC(NCC(=O)NC1CCOCC1)c1cccnc1. The molecule has 1 unspecified atom stereocenters. The van der Waals surface area contributed by atoms with Gasteiger partial charge in [-0.05, 0) is 31.4 Å². The summed E-state index contributed by atoms with van der Waals surface area (Å²) in [4.78, 5) is 15.9. The molecule has 1 saturated heterocycles. The summed E-state index contributed by atoms with van der Waals surface area (Å²) >= 11 is 0. The molecule has 104 valence electrons. The maximum atomic E-state index is 11.8. The van der Waals surface area contributed by atoms with Crippen LogP contribution in [0.15, 0.2) is 24.5 Å². The van der Waals surface area contributed by atoms with E-state index >= 15 is 0 Å². The van der Waals surface area contributed by atoms with Gasteiger partial charge in [-0.1, -0.05) is 6.07 Å². The lowest BCUT2D eigenvalue weighted by Crippen LogP contribution is -2.43. The molecule has 1 aromatic heterocycles. The van der Waals surface area contributed by atoms with Crippen LogP contribution in [-0.4, -0.2) is 36.7 Å². The molecule has 1 aliphatic heterocycles. The first kappa shape index (κ1) is 14.0. The van der Waals surface area contributed by atoms with Crippen LogP contribution in [0.4, 0.5) is 0 Å². The molecule has 0 aliphatic carbocycles. The van der Waals surface area contributed by atoms with Crippen LogP contribution < -0.4 is 10.6 Å². The quantitative estimate of drug-likeness (QED) is 0.833. The largest absolute Gasteiger partial charge is 0.381 e. The molecule has 0 aromatic carbocycles. The minimum absolute atomic E-state index is 0.0441. The summed E-state index contributed by atoms with van der Waals surface area (Å²) in [6.07, 6.45) is 5.37. The molecule has 0 saturated carbocycles. The molecule has 5 heteroatoms. The van der Waals surface area contributed by atoms with E-state index in [1.165, 1.54) is 0 Å². The van der Waals surface area contributed by atoms with Gasteiger partial charge in [-0.3, -0.25) is 9.78 Å². The fraction of sp³-hybridized carbons (Fsp3) is 0.571. The Balaban J connectivity index is 1.71. The van der Waals surface area contributed by atoms with E-state index in [1.807, 2.05) is 25.3 Å². The van der Waals surface area contributed by atoms with Gasteiger partial charge in [-0.15, -0.1) is 0 Å². The van der Waals surface area contributed by atoms with Gasteiger partial charge in [-0.25, -0.2) is 0 Å². The molecular formula is C14H21N3O2. The number of amides is 1. The molecule has 1 aliphatic rings. The predicted octanol–water partition coefficient (Wildman–Crippen LogP) is 1.03. The Morgan fingerprint density at radius 2 is 2.32 bits per heavy atom. The molecule has 1 aromatic rings. The van der Waals surface area contributed by atoms with E-state index in [9.17, 15) is 4.79 Å². The summed E-state index contributed by atoms with van der Waals surface area (Å²) in [5, 5.41) is 6.23. The molecule has 1 atom stereocenters. The van der Waals surface area contributed by atoms with Gasteiger partial charge in [-0.2, -0.15) is 0 Å². The lowest BCUT2D eigenvalue weighted by Gasteiger charge is -2.23. The highest BCUT2D eigenvalue weighted by Gasteiger charge is 2.16. The van der Waals surface area contributed by atoms with Crippen LogP contribution in [-0.2, 0) is 9.53 Å². The van der Waals surface area contributed by atoms with Crippen molar-refractivity contribution >= 4 is 5.91 Å². The third-order valence-corrected chi connectivity index (χ3v) is 3.34. The zero-order valence-corrected chi connectivity index (χ0v) is 11.3. The summed E-state index contributed by atoms with van der Waals surface area (Å²) in [5.41, 5.74) is 1.08. The maximum Gasteiger partial charge on any atom is 0.234 e. The van der Waals surface area contributed by atoms with Gasteiger partial charge in [0.25, 0.3) is 0 Å². The Labute approximate surface area is 113 Å². The van der Waals surface area contributed by atoms with Crippen LogP contribution in [0.3, 0.4) is 0 Å². The van der Waals surface area contributed by atoms with Crippen LogP contribution in [0.5, 0.6) is 0 Å². The first-order valence-corrected chi connectivity index (χ1v) is 6.76. The number of hydrogen-bond donors (Lipinski definition) is 2. The lowest BCUT2D eigenvalue weighted by molar-refractivity contribution is -0.121. The van der Waals surface area contributed by atoms with E-state index in [0.717, 1.165) is 31.6 Å². The van der Waals surface area contributed by atoms with Crippen LogP contribution in [0.1, 0.15) is 31.4 Å². The molecule has 0 bridgehead atoms. The second kappa shape index (κ2) is 7.21. The lowest BCUT2D eigenvalue weighted by atomic mass is 10.1.